The van der Waals surface area contributed by atoms with Gasteiger partial charge in [0.2, 0.25) is 0 Å². The highest BCUT2D eigenvalue weighted by molar-refractivity contribution is 4.95. The maximum Gasteiger partial charge on any atom is 0.109 e. The van der Waals surface area contributed by atoms with Gasteiger partial charge in [-0.2, -0.15) is 0 Å². The summed E-state index contributed by atoms with van der Waals surface area (Å²) in [6.45, 7) is 5.71. The van der Waals surface area contributed by atoms with Crippen LogP contribution in [0.4, 0.5) is 0 Å². The first-order chi connectivity index (χ1) is 5.33. The molecule has 3 heteroatoms. The number of ether oxygens (including phenoxy) is 2. The predicted octanol–water partition coefficient (Wildman–Crippen LogP) is 0.154. The molecule has 0 aromatic heterocycles. The lowest BCUT2D eigenvalue weighted by Crippen LogP contribution is -2.53. The zero-order valence-electron chi connectivity index (χ0n) is 6.93. The third kappa shape index (κ3) is 1.17. The molecule has 2 aliphatic heterocycles. The van der Waals surface area contributed by atoms with Crippen LogP contribution in [0.25, 0.3) is 0 Å². The average Bonchev–Trinajstić information content (AvgIpc) is 2.36. The van der Waals surface area contributed by atoms with Crippen LogP contribution >= 0.6 is 0 Å². The third-order valence-electron chi connectivity index (χ3n) is 2.73. The highest BCUT2D eigenvalue weighted by Gasteiger charge is 2.43. The van der Waals surface area contributed by atoms with E-state index in [4.69, 9.17) is 9.47 Å². The Labute approximate surface area is 67.1 Å². The largest absolute Gasteiger partial charge is 0.375 e. The molecule has 3 nitrogen and oxygen atoms in total. The Morgan fingerprint density at radius 1 is 1.45 bits per heavy atom. The van der Waals surface area contributed by atoms with Gasteiger partial charge in [0, 0.05) is 26.1 Å². The van der Waals surface area contributed by atoms with Gasteiger partial charge in [-0.05, 0) is 6.92 Å². The van der Waals surface area contributed by atoms with Crippen molar-refractivity contribution in [3.05, 3.63) is 0 Å². The van der Waals surface area contributed by atoms with Crippen molar-refractivity contribution in [3.63, 3.8) is 0 Å². The van der Waals surface area contributed by atoms with Crippen molar-refractivity contribution in [2.24, 2.45) is 0 Å². The Morgan fingerprint density at radius 3 is 2.91 bits per heavy atom. The summed E-state index contributed by atoms with van der Waals surface area (Å²) >= 11 is 0. The van der Waals surface area contributed by atoms with Gasteiger partial charge in [-0.3, -0.25) is 0 Å². The van der Waals surface area contributed by atoms with E-state index in [1.165, 1.54) is 0 Å². The summed E-state index contributed by atoms with van der Waals surface area (Å²) in [6.07, 6.45) is 1.30. The average molecular weight is 157 g/mol. The molecule has 0 aromatic rings. The summed E-state index contributed by atoms with van der Waals surface area (Å²) in [4.78, 5) is 0. The number of nitrogens with one attached hydrogen (secondary N) is 1. The van der Waals surface area contributed by atoms with Gasteiger partial charge in [-0.25, -0.2) is 0 Å². The molecule has 2 heterocycles. The Kier molecular flexibility index (Phi) is 1.87. The fraction of sp³-hybridized carbons (Fsp3) is 1.00. The molecule has 2 aliphatic rings. The monoisotopic (exact) mass is 157 g/mol. The lowest BCUT2D eigenvalue weighted by molar-refractivity contribution is -0.0999. The number of morpholine rings is 1. The second-order valence-electron chi connectivity index (χ2n) is 3.35. The van der Waals surface area contributed by atoms with E-state index in [0.29, 0.717) is 0 Å². The maximum atomic E-state index is 5.75. The van der Waals surface area contributed by atoms with Crippen molar-refractivity contribution in [1.82, 2.24) is 5.32 Å². The minimum Gasteiger partial charge on any atom is -0.375 e. The van der Waals surface area contributed by atoms with Crippen molar-refractivity contribution in [2.75, 3.05) is 26.3 Å². The minimum absolute atomic E-state index is 0.00174. The van der Waals surface area contributed by atoms with E-state index in [9.17, 15) is 0 Å². The first-order valence-electron chi connectivity index (χ1n) is 4.30. The Bertz CT molecular complexity index is 143. The maximum absolute atomic E-state index is 5.75. The highest BCUT2D eigenvalue weighted by atomic mass is 16.6. The molecule has 0 bridgehead atoms. The van der Waals surface area contributed by atoms with E-state index < -0.39 is 0 Å². The van der Waals surface area contributed by atoms with Crippen molar-refractivity contribution < 1.29 is 9.47 Å². The Balaban J connectivity index is 2.06. The van der Waals surface area contributed by atoms with E-state index in [2.05, 4.69) is 12.2 Å². The van der Waals surface area contributed by atoms with Crippen LogP contribution in [0, 0.1) is 0 Å². The Hall–Kier alpha value is -0.120. The van der Waals surface area contributed by atoms with E-state index >= 15 is 0 Å². The summed E-state index contributed by atoms with van der Waals surface area (Å²) in [7, 11) is 0. The quantitative estimate of drug-likeness (QED) is 0.543. The SMILES string of the molecule is C[C@@H]1OCC[C@]12CNCCO2. The summed E-state index contributed by atoms with van der Waals surface area (Å²) < 4.78 is 11.2. The lowest BCUT2D eigenvalue weighted by Gasteiger charge is -2.36. The second-order valence-corrected chi connectivity index (χ2v) is 3.35. The standard InChI is InChI=1S/C8H15NO2/c1-7-8(2-4-10-7)6-9-3-5-11-8/h7,9H,2-6H2,1H3/t7-,8-/m0/s1. The van der Waals surface area contributed by atoms with Crippen LogP contribution in [0.15, 0.2) is 0 Å². The van der Waals surface area contributed by atoms with Gasteiger partial charge in [0.05, 0.1) is 12.7 Å². The summed E-state index contributed by atoms with van der Waals surface area (Å²) in [5.74, 6) is 0. The van der Waals surface area contributed by atoms with Gasteiger partial charge in [-0.1, -0.05) is 0 Å². The lowest BCUT2D eigenvalue weighted by atomic mass is 9.95. The smallest absolute Gasteiger partial charge is 0.109 e. The van der Waals surface area contributed by atoms with Crippen LogP contribution in [-0.2, 0) is 9.47 Å². The Morgan fingerprint density at radius 2 is 2.36 bits per heavy atom. The number of hydrogen-bond donors (Lipinski definition) is 1. The zero-order chi connectivity index (χ0) is 7.73. The molecule has 0 radical (unpaired) electrons. The first kappa shape index (κ1) is 7.53. The summed E-state index contributed by atoms with van der Waals surface area (Å²) in [5.41, 5.74) is -0.00174. The summed E-state index contributed by atoms with van der Waals surface area (Å²) in [5, 5.41) is 3.34. The molecule has 1 N–H and O–H groups in total. The molecular weight excluding hydrogens is 142 g/mol. The molecular formula is C8H15NO2. The predicted molar refractivity (Wildman–Crippen MR) is 41.6 cm³/mol. The molecule has 2 atom stereocenters. The molecule has 2 rings (SSSR count). The molecule has 2 saturated heterocycles. The van der Waals surface area contributed by atoms with Crippen LogP contribution in [0.2, 0.25) is 0 Å². The molecule has 0 aliphatic carbocycles. The van der Waals surface area contributed by atoms with Crippen molar-refractivity contribution in [2.45, 2.75) is 25.0 Å². The second kappa shape index (κ2) is 2.73. The minimum atomic E-state index is -0.00174. The van der Waals surface area contributed by atoms with Crippen molar-refractivity contribution in [3.8, 4) is 0 Å². The molecule has 1 spiro atoms. The van der Waals surface area contributed by atoms with Gasteiger partial charge in [0.15, 0.2) is 0 Å². The molecule has 0 amide bonds. The van der Waals surface area contributed by atoms with E-state index in [0.717, 1.165) is 32.7 Å². The van der Waals surface area contributed by atoms with E-state index in [1.807, 2.05) is 0 Å². The van der Waals surface area contributed by atoms with Crippen LogP contribution in [-0.4, -0.2) is 38.0 Å². The molecule has 0 aromatic carbocycles. The fourth-order valence-corrected chi connectivity index (χ4v) is 1.86. The molecule has 11 heavy (non-hydrogen) atoms. The van der Waals surface area contributed by atoms with Crippen LogP contribution in [0.3, 0.4) is 0 Å². The van der Waals surface area contributed by atoms with Crippen molar-refractivity contribution in [1.29, 1.82) is 0 Å². The van der Waals surface area contributed by atoms with Gasteiger partial charge in [0.1, 0.15) is 5.60 Å². The van der Waals surface area contributed by atoms with Gasteiger partial charge in [0.25, 0.3) is 0 Å². The molecule has 2 fully saturated rings. The van der Waals surface area contributed by atoms with Crippen LogP contribution in [0.5, 0.6) is 0 Å². The zero-order valence-corrected chi connectivity index (χ0v) is 6.93. The van der Waals surface area contributed by atoms with Crippen LogP contribution in [0.1, 0.15) is 13.3 Å². The van der Waals surface area contributed by atoms with E-state index in [1.54, 1.807) is 0 Å². The van der Waals surface area contributed by atoms with Crippen molar-refractivity contribution >= 4 is 0 Å². The van der Waals surface area contributed by atoms with Gasteiger partial charge >= 0.3 is 0 Å². The normalized spacial score (nSPS) is 45.0. The topological polar surface area (TPSA) is 30.5 Å². The number of rotatable bonds is 0. The molecule has 64 valence electrons. The summed E-state index contributed by atoms with van der Waals surface area (Å²) in [6, 6.07) is 0. The molecule has 0 saturated carbocycles. The highest BCUT2D eigenvalue weighted by Crippen LogP contribution is 2.30. The number of hydrogen-bond acceptors (Lipinski definition) is 3. The third-order valence-corrected chi connectivity index (χ3v) is 2.73. The first-order valence-corrected chi connectivity index (χ1v) is 4.30. The van der Waals surface area contributed by atoms with Crippen LogP contribution < -0.4 is 5.32 Å². The van der Waals surface area contributed by atoms with Gasteiger partial charge in [-0.15, -0.1) is 0 Å². The van der Waals surface area contributed by atoms with E-state index in [-0.39, 0.29) is 11.7 Å². The fourth-order valence-electron chi connectivity index (χ4n) is 1.86. The van der Waals surface area contributed by atoms with Gasteiger partial charge < -0.3 is 14.8 Å². The molecule has 0 unspecified atom stereocenters.